The van der Waals surface area contributed by atoms with Crippen LogP contribution < -0.4 is 15.0 Å². The maximum Gasteiger partial charge on any atom is 0.338 e. The SMILES string of the molecule is CCOC(=O)c1ccc(N2C(=O)NC(=O)/C(=C\c3ccc(OCc4ccc(C)cc4)c(Br)c3)C2=O)cc1. The molecule has 1 N–H and O–H groups in total. The molecule has 0 atom stereocenters. The molecule has 9 heteroatoms. The number of rotatable bonds is 7. The second kappa shape index (κ2) is 11.2. The van der Waals surface area contributed by atoms with Gasteiger partial charge in [0.25, 0.3) is 11.8 Å². The highest BCUT2D eigenvalue weighted by atomic mass is 79.9. The molecule has 0 spiro atoms. The third kappa shape index (κ3) is 5.95. The van der Waals surface area contributed by atoms with Crippen LogP contribution in [-0.4, -0.2) is 30.4 Å². The van der Waals surface area contributed by atoms with Crippen molar-refractivity contribution < 1.29 is 28.7 Å². The molecule has 3 aromatic rings. The van der Waals surface area contributed by atoms with Gasteiger partial charge in [0.05, 0.1) is 22.3 Å². The summed E-state index contributed by atoms with van der Waals surface area (Å²) in [5, 5.41) is 2.19. The summed E-state index contributed by atoms with van der Waals surface area (Å²) in [7, 11) is 0. The zero-order valence-corrected chi connectivity index (χ0v) is 21.7. The number of aryl methyl sites for hydroxylation is 1. The fourth-order valence-electron chi connectivity index (χ4n) is 3.59. The van der Waals surface area contributed by atoms with E-state index < -0.39 is 23.8 Å². The number of anilines is 1. The number of benzene rings is 3. The van der Waals surface area contributed by atoms with Crippen molar-refractivity contribution in [2.45, 2.75) is 20.5 Å². The molecule has 0 saturated carbocycles. The number of barbiturate groups is 1. The lowest BCUT2D eigenvalue weighted by molar-refractivity contribution is -0.122. The molecule has 1 saturated heterocycles. The van der Waals surface area contributed by atoms with E-state index in [0.29, 0.717) is 22.4 Å². The van der Waals surface area contributed by atoms with E-state index in [2.05, 4.69) is 21.2 Å². The molecule has 0 unspecified atom stereocenters. The van der Waals surface area contributed by atoms with Crippen molar-refractivity contribution in [1.29, 1.82) is 0 Å². The monoisotopic (exact) mass is 562 g/mol. The Bertz CT molecular complexity index is 1400. The molecule has 0 radical (unpaired) electrons. The van der Waals surface area contributed by atoms with Gasteiger partial charge in [-0.05, 0) is 83.4 Å². The minimum absolute atomic E-state index is 0.204. The smallest absolute Gasteiger partial charge is 0.338 e. The first-order valence-electron chi connectivity index (χ1n) is 11.4. The van der Waals surface area contributed by atoms with Crippen molar-refractivity contribution in [2.75, 3.05) is 11.5 Å². The summed E-state index contributed by atoms with van der Waals surface area (Å²) in [6, 6.07) is 18.0. The van der Waals surface area contributed by atoms with E-state index in [-0.39, 0.29) is 23.4 Å². The summed E-state index contributed by atoms with van der Waals surface area (Å²) in [6.45, 7) is 4.31. The zero-order valence-electron chi connectivity index (χ0n) is 20.1. The Morgan fingerprint density at radius 1 is 1.00 bits per heavy atom. The molecule has 37 heavy (non-hydrogen) atoms. The fourth-order valence-corrected chi connectivity index (χ4v) is 4.10. The van der Waals surface area contributed by atoms with Gasteiger partial charge in [-0.3, -0.25) is 14.9 Å². The van der Waals surface area contributed by atoms with Crippen LogP contribution in [0.3, 0.4) is 0 Å². The second-order valence-electron chi connectivity index (χ2n) is 8.19. The van der Waals surface area contributed by atoms with E-state index in [1.54, 1.807) is 25.1 Å². The fraction of sp³-hybridized carbons (Fsp3) is 0.143. The van der Waals surface area contributed by atoms with Crippen LogP contribution in [0, 0.1) is 6.92 Å². The summed E-state index contributed by atoms with van der Waals surface area (Å²) in [5.41, 5.74) is 3.01. The summed E-state index contributed by atoms with van der Waals surface area (Å²) >= 11 is 3.47. The van der Waals surface area contributed by atoms with E-state index >= 15 is 0 Å². The molecular formula is C28H23BrN2O6. The van der Waals surface area contributed by atoms with Crippen molar-refractivity contribution >= 4 is 51.5 Å². The van der Waals surface area contributed by atoms with Gasteiger partial charge in [0, 0.05) is 0 Å². The molecule has 1 fully saturated rings. The maximum absolute atomic E-state index is 13.2. The summed E-state index contributed by atoms with van der Waals surface area (Å²) in [4.78, 5) is 50.9. The maximum atomic E-state index is 13.2. The van der Waals surface area contributed by atoms with Gasteiger partial charge in [0.2, 0.25) is 0 Å². The lowest BCUT2D eigenvalue weighted by Gasteiger charge is -2.26. The standard InChI is InChI=1S/C28H23BrN2O6/c1-3-36-27(34)20-9-11-21(12-10-20)31-26(33)22(25(32)30-28(31)35)14-19-8-13-24(23(29)15-19)37-16-18-6-4-17(2)5-7-18/h4-15H,3,16H2,1-2H3,(H,30,32,35)/b22-14+. The number of esters is 1. The molecule has 1 aliphatic rings. The number of nitrogens with zero attached hydrogens (tertiary/aromatic N) is 1. The van der Waals surface area contributed by atoms with Gasteiger partial charge in [-0.15, -0.1) is 0 Å². The van der Waals surface area contributed by atoms with Gasteiger partial charge >= 0.3 is 12.0 Å². The van der Waals surface area contributed by atoms with E-state index in [1.165, 1.54) is 30.3 Å². The van der Waals surface area contributed by atoms with Gasteiger partial charge in [-0.1, -0.05) is 35.9 Å². The summed E-state index contributed by atoms with van der Waals surface area (Å²) < 4.78 is 11.5. The van der Waals surface area contributed by atoms with Gasteiger partial charge in [-0.25, -0.2) is 14.5 Å². The molecule has 4 rings (SSSR count). The van der Waals surface area contributed by atoms with Crippen molar-refractivity contribution in [3.8, 4) is 5.75 Å². The number of ether oxygens (including phenoxy) is 2. The van der Waals surface area contributed by atoms with Crippen LogP contribution in [0.1, 0.15) is 34.0 Å². The third-order valence-corrected chi connectivity index (χ3v) is 6.14. The van der Waals surface area contributed by atoms with Crippen LogP contribution in [0.25, 0.3) is 6.08 Å². The van der Waals surface area contributed by atoms with Crippen LogP contribution in [0.5, 0.6) is 5.75 Å². The number of carbonyl (C=O) groups is 4. The predicted molar refractivity (Wildman–Crippen MR) is 141 cm³/mol. The summed E-state index contributed by atoms with van der Waals surface area (Å²) in [6.07, 6.45) is 1.40. The lowest BCUT2D eigenvalue weighted by Crippen LogP contribution is -2.54. The Hall–Kier alpha value is -4.24. The summed E-state index contributed by atoms with van der Waals surface area (Å²) in [5.74, 6) is -1.50. The van der Waals surface area contributed by atoms with Crippen LogP contribution in [0.15, 0.2) is 76.8 Å². The van der Waals surface area contributed by atoms with Crippen molar-refractivity contribution in [2.24, 2.45) is 0 Å². The Morgan fingerprint density at radius 2 is 1.70 bits per heavy atom. The third-order valence-electron chi connectivity index (χ3n) is 5.52. The zero-order chi connectivity index (χ0) is 26.5. The van der Waals surface area contributed by atoms with Gasteiger partial charge < -0.3 is 9.47 Å². The normalized spacial score (nSPS) is 14.5. The Kier molecular flexibility index (Phi) is 7.83. The van der Waals surface area contributed by atoms with Gasteiger partial charge in [-0.2, -0.15) is 0 Å². The topological polar surface area (TPSA) is 102 Å². The van der Waals surface area contributed by atoms with Crippen molar-refractivity contribution in [3.63, 3.8) is 0 Å². The highest BCUT2D eigenvalue weighted by molar-refractivity contribution is 9.10. The van der Waals surface area contributed by atoms with Crippen molar-refractivity contribution in [3.05, 3.63) is 99.0 Å². The number of nitrogens with one attached hydrogen (secondary N) is 1. The molecule has 8 nitrogen and oxygen atoms in total. The predicted octanol–water partition coefficient (Wildman–Crippen LogP) is 5.18. The first kappa shape index (κ1) is 25.8. The molecule has 3 aromatic carbocycles. The largest absolute Gasteiger partial charge is 0.488 e. The minimum Gasteiger partial charge on any atom is -0.488 e. The van der Waals surface area contributed by atoms with Gasteiger partial charge in [0.15, 0.2) is 0 Å². The first-order valence-corrected chi connectivity index (χ1v) is 12.2. The molecule has 0 bridgehead atoms. The molecular weight excluding hydrogens is 540 g/mol. The van der Waals surface area contributed by atoms with Crippen LogP contribution in [-0.2, 0) is 20.9 Å². The van der Waals surface area contributed by atoms with E-state index in [0.717, 1.165) is 16.0 Å². The van der Waals surface area contributed by atoms with Gasteiger partial charge in [0.1, 0.15) is 17.9 Å². The number of halogens is 1. The number of imide groups is 2. The number of carbonyl (C=O) groups excluding carboxylic acids is 4. The molecule has 4 amide bonds. The highest BCUT2D eigenvalue weighted by Crippen LogP contribution is 2.29. The quantitative estimate of drug-likeness (QED) is 0.242. The minimum atomic E-state index is -0.878. The number of amides is 4. The molecule has 1 heterocycles. The van der Waals surface area contributed by atoms with Crippen LogP contribution in [0.2, 0.25) is 0 Å². The number of hydrogen-bond donors (Lipinski definition) is 1. The molecule has 188 valence electrons. The Labute approximate surface area is 222 Å². The molecule has 0 aromatic heterocycles. The van der Waals surface area contributed by atoms with Crippen molar-refractivity contribution in [1.82, 2.24) is 5.32 Å². The highest BCUT2D eigenvalue weighted by Gasteiger charge is 2.36. The Balaban J connectivity index is 1.53. The van der Waals surface area contributed by atoms with E-state index in [1.807, 2.05) is 31.2 Å². The number of urea groups is 1. The lowest BCUT2D eigenvalue weighted by atomic mass is 10.1. The number of hydrogen-bond acceptors (Lipinski definition) is 6. The van der Waals surface area contributed by atoms with E-state index in [4.69, 9.17) is 9.47 Å². The first-order chi connectivity index (χ1) is 17.8. The second-order valence-corrected chi connectivity index (χ2v) is 9.04. The Morgan fingerprint density at radius 3 is 2.35 bits per heavy atom. The van der Waals surface area contributed by atoms with Crippen LogP contribution >= 0.6 is 15.9 Å². The average molecular weight is 563 g/mol. The molecule has 1 aliphatic heterocycles. The molecule has 0 aliphatic carbocycles. The van der Waals surface area contributed by atoms with Crippen LogP contribution in [0.4, 0.5) is 10.5 Å². The van der Waals surface area contributed by atoms with E-state index in [9.17, 15) is 19.2 Å². The average Bonchev–Trinajstić information content (AvgIpc) is 2.87.